The summed E-state index contributed by atoms with van der Waals surface area (Å²) in [5.74, 6) is 0.180. The largest absolute Gasteiger partial charge is 0.376 e. The quantitative estimate of drug-likeness (QED) is 0.813. The molecule has 1 atom stereocenters. The number of H-pyrrole nitrogens is 1. The molecule has 1 aliphatic rings. The number of nitrogens with zero attached hydrogens (tertiary/aromatic N) is 1. The predicted octanol–water partition coefficient (Wildman–Crippen LogP) is 3.46. The molecule has 6 heteroatoms. The van der Waals surface area contributed by atoms with Crippen molar-refractivity contribution in [2.24, 2.45) is 0 Å². The highest BCUT2D eigenvalue weighted by Crippen LogP contribution is 2.18. The molecule has 1 saturated heterocycles. The Kier molecular flexibility index (Phi) is 6.39. The summed E-state index contributed by atoms with van der Waals surface area (Å²) in [6.07, 6.45) is 5.03. The summed E-state index contributed by atoms with van der Waals surface area (Å²) < 4.78 is 6.51. The Hall–Kier alpha value is -0.720. The van der Waals surface area contributed by atoms with Gasteiger partial charge in [0.15, 0.2) is 3.95 Å². The Bertz CT molecular complexity index is 518. The molecular weight excluding hydrogens is 304 g/mol. The van der Waals surface area contributed by atoms with Crippen molar-refractivity contribution in [3.05, 3.63) is 14.5 Å². The molecule has 2 rings (SSSR count). The highest BCUT2D eigenvalue weighted by Gasteiger charge is 2.22. The van der Waals surface area contributed by atoms with Gasteiger partial charge in [-0.2, -0.15) is 0 Å². The van der Waals surface area contributed by atoms with Gasteiger partial charge >= 0.3 is 0 Å². The maximum atomic E-state index is 12.6. The summed E-state index contributed by atoms with van der Waals surface area (Å²) in [7, 11) is 0. The van der Waals surface area contributed by atoms with Crippen LogP contribution in [0.3, 0.4) is 0 Å². The van der Waals surface area contributed by atoms with Crippen LogP contribution < -0.4 is 0 Å². The minimum atomic E-state index is 0.180. The molecule has 21 heavy (non-hydrogen) atoms. The summed E-state index contributed by atoms with van der Waals surface area (Å²) in [5, 5.41) is 0. The average molecular weight is 329 g/mol. The van der Waals surface area contributed by atoms with E-state index in [0.717, 1.165) is 53.5 Å². The van der Waals surface area contributed by atoms with E-state index >= 15 is 0 Å². The van der Waals surface area contributed by atoms with Crippen molar-refractivity contribution in [2.75, 3.05) is 19.7 Å². The lowest BCUT2D eigenvalue weighted by Gasteiger charge is -2.30. The summed E-state index contributed by atoms with van der Waals surface area (Å²) in [5.41, 5.74) is 1.02. The Morgan fingerprint density at radius 2 is 2.33 bits per heavy atom. The highest BCUT2D eigenvalue weighted by molar-refractivity contribution is 7.73. The van der Waals surface area contributed by atoms with Gasteiger partial charge in [0.2, 0.25) is 5.91 Å². The second-order valence-corrected chi connectivity index (χ2v) is 7.34. The fraction of sp³-hybridized carbons (Fsp3) is 0.733. The highest BCUT2D eigenvalue weighted by atomic mass is 32.1. The Labute approximate surface area is 135 Å². The molecule has 1 amide bonds. The first kappa shape index (κ1) is 16.6. The lowest BCUT2D eigenvalue weighted by molar-refractivity contribution is -0.133. The van der Waals surface area contributed by atoms with E-state index in [4.69, 9.17) is 17.0 Å². The fourth-order valence-electron chi connectivity index (χ4n) is 2.64. The number of nitrogens with one attached hydrogen (secondary N) is 1. The minimum Gasteiger partial charge on any atom is -0.376 e. The molecule has 2 heterocycles. The van der Waals surface area contributed by atoms with Crippen LogP contribution >= 0.6 is 23.6 Å². The number of aryl methyl sites for hydroxylation is 1. The van der Waals surface area contributed by atoms with Gasteiger partial charge in [0.05, 0.1) is 12.5 Å². The Morgan fingerprint density at radius 1 is 1.52 bits per heavy atom. The number of thiazole rings is 1. The van der Waals surface area contributed by atoms with Crippen LogP contribution in [0.5, 0.6) is 0 Å². The van der Waals surface area contributed by atoms with Gasteiger partial charge in [0.1, 0.15) is 0 Å². The second-order valence-electron chi connectivity index (χ2n) is 5.57. The molecule has 4 nitrogen and oxygen atoms in total. The van der Waals surface area contributed by atoms with Crippen LogP contribution in [0.1, 0.15) is 43.2 Å². The molecule has 0 saturated carbocycles. The van der Waals surface area contributed by atoms with Gasteiger partial charge in [0.25, 0.3) is 0 Å². The smallest absolute Gasteiger partial charge is 0.227 e. The van der Waals surface area contributed by atoms with E-state index in [-0.39, 0.29) is 12.0 Å². The predicted molar refractivity (Wildman–Crippen MR) is 88.4 cm³/mol. The molecule has 1 N–H and O–H groups in total. The molecule has 0 spiro atoms. The van der Waals surface area contributed by atoms with Crippen LogP contribution in [0.15, 0.2) is 0 Å². The number of hydrogen-bond donors (Lipinski definition) is 1. The zero-order valence-corrected chi connectivity index (χ0v) is 14.4. The minimum absolute atomic E-state index is 0.180. The molecular formula is C15H24N2O2S2. The van der Waals surface area contributed by atoms with Gasteiger partial charge < -0.3 is 14.6 Å². The van der Waals surface area contributed by atoms with Gasteiger partial charge in [-0.25, -0.2) is 0 Å². The van der Waals surface area contributed by atoms with Crippen LogP contribution in [-0.4, -0.2) is 41.6 Å². The van der Waals surface area contributed by atoms with Crippen LogP contribution in [0, 0.1) is 10.9 Å². The van der Waals surface area contributed by atoms with E-state index in [1.807, 2.05) is 11.8 Å². The van der Waals surface area contributed by atoms with Crippen molar-refractivity contribution in [3.63, 3.8) is 0 Å². The zero-order valence-electron chi connectivity index (χ0n) is 12.8. The van der Waals surface area contributed by atoms with Crippen molar-refractivity contribution in [1.82, 2.24) is 9.88 Å². The van der Waals surface area contributed by atoms with Crippen molar-refractivity contribution in [2.45, 2.75) is 52.1 Å². The van der Waals surface area contributed by atoms with Gasteiger partial charge in [-0.3, -0.25) is 4.79 Å². The number of amides is 1. The number of aromatic nitrogens is 1. The fourth-order valence-corrected chi connectivity index (χ4v) is 3.92. The van der Waals surface area contributed by atoms with E-state index < -0.39 is 0 Å². The molecule has 1 aromatic rings. The first-order valence-corrected chi connectivity index (χ1v) is 8.90. The van der Waals surface area contributed by atoms with E-state index in [1.165, 1.54) is 17.8 Å². The third-order valence-corrected chi connectivity index (χ3v) is 5.12. The van der Waals surface area contributed by atoms with Crippen LogP contribution in [0.2, 0.25) is 0 Å². The lowest BCUT2D eigenvalue weighted by atomic mass is 10.1. The van der Waals surface area contributed by atoms with Crippen molar-refractivity contribution in [1.29, 1.82) is 0 Å². The molecule has 0 aromatic carbocycles. The van der Waals surface area contributed by atoms with Crippen molar-refractivity contribution < 1.29 is 9.53 Å². The number of ether oxygens (including phenoxy) is 1. The SMILES string of the molecule is CCCN(C[C@H]1CCCCO1)C(=O)Cc1sc(=S)[nH]c1C. The molecule has 1 aromatic heterocycles. The Balaban J connectivity index is 1.97. The number of aromatic amines is 1. The molecule has 0 bridgehead atoms. The molecule has 1 fully saturated rings. The first-order chi connectivity index (χ1) is 10.1. The molecule has 0 unspecified atom stereocenters. The summed E-state index contributed by atoms with van der Waals surface area (Å²) in [6.45, 7) is 6.43. The van der Waals surface area contributed by atoms with E-state index in [0.29, 0.717) is 6.42 Å². The lowest BCUT2D eigenvalue weighted by Crippen LogP contribution is -2.40. The summed E-state index contributed by atoms with van der Waals surface area (Å²) in [6, 6.07) is 0. The number of carbonyl (C=O) groups excluding carboxylic acids is 1. The topological polar surface area (TPSA) is 45.3 Å². The third kappa shape index (κ3) is 4.90. The van der Waals surface area contributed by atoms with Crippen LogP contribution in [0.25, 0.3) is 0 Å². The molecule has 0 radical (unpaired) electrons. The second kappa shape index (κ2) is 8.06. The summed E-state index contributed by atoms with van der Waals surface area (Å²) in [4.78, 5) is 18.7. The van der Waals surface area contributed by atoms with Crippen LogP contribution in [0.4, 0.5) is 0 Å². The maximum Gasteiger partial charge on any atom is 0.227 e. The Morgan fingerprint density at radius 3 is 2.90 bits per heavy atom. The number of rotatable bonds is 6. The van der Waals surface area contributed by atoms with Gasteiger partial charge in [-0.05, 0) is 44.8 Å². The third-order valence-electron chi connectivity index (χ3n) is 3.78. The standard InChI is InChI=1S/C15H24N2O2S2/c1-3-7-17(10-12-6-4-5-8-19-12)14(18)9-13-11(2)16-15(20)21-13/h12H,3-10H2,1-2H3,(H,16,20)/t12-/m1/s1. The average Bonchev–Trinajstić information content (AvgIpc) is 2.77. The number of carbonyl (C=O) groups is 1. The van der Waals surface area contributed by atoms with Gasteiger partial charge in [0, 0.05) is 30.3 Å². The zero-order chi connectivity index (χ0) is 15.2. The van der Waals surface area contributed by atoms with Crippen molar-refractivity contribution >= 4 is 29.5 Å². The molecule has 118 valence electrons. The first-order valence-electron chi connectivity index (χ1n) is 7.68. The molecule has 0 aliphatic carbocycles. The van der Waals surface area contributed by atoms with Crippen LogP contribution in [-0.2, 0) is 16.0 Å². The van der Waals surface area contributed by atoms with Gasteiger partial charge in [-0.1, -0.05) is 6.92 Å². The summed E-state index contributed by atoms with van der Waals surface area (Å²) >= 11 is 6.64. The van der Waals surface area contributed by atoms with Gasteiger partial charge in [-0.15, -0.1) is 11.3 Å². The monoisotopic (exact) mass is 328 g/mol. The van der Waals surface area contributed by atoms with E-state index in [2.05, 4.69) is 11.9 Å². The molecule has 1 aliphatic heterocycles. The number of hydrogen-bond acceptors (Lipinski definition) is 4. The normalized spacial score (nSPS) is 18.7. The maximum absolute atomic E-state index is 12.6. The van der Waals surface area contributed by atoms with E-state index in [1.54, 1.807) is 0 Å². The van der Waals surface area contributed by atoms with Crippen molar-refractivity contribution in [3.8, 4) is 0 Å². The van der Waals surface area contributed by atoms with E-state index in [9.17, 15) is 4.79 Å².